The number of rotatable bonds is 7. The van der Waals surface area contributed by atoms with Gasteiger partial charge in [0, 0.05) is 16.3 Å². The second-order valence-corrected chi connectivity index (χ2v) is 11.3. The molecule has 0 unspecified atom stereocenters. The number of amides is 1. The Labute approximate surface area is 221 Å². The standard InChI is InChI=1S/C26H19ClFN3O4S2/c1-16-13-18(27)14-23-24(16)29-26(36-23)31(15-21-3-2-12-35-21)25(32)17-4-8-20(9-5-17)30-37(33,34)22-10-6-19(28)7-11-22/h2-14,30H,15H2,1H3. The van der Waals surface area contributed by atoms with Crippen LogP contribution in [0.15, 0.2) is 88.4 Å². The number of halogens is 2. The van der Waals surface area contributed by atoms with Gasteiger partial charge in [0.1, 0.15) is 11.6 Å². The Bertz CT molecular complexity index is 1680. The third-order valence-electron chi connectivity index (χ3n) is 5.52. The molecule has 1 N–H and O–H groups in total. The van der Waals surface area contributed by atoms with E-state index in [2.05, 4.69) is 4.72 Å². The number of aromatic nitrogens is 1. The first-order valence-corrected chi connectivity index (χ1v) is 13.7. The molecule has 5 rings (SSSR count). The number of hydrogen-bond donors (Lipinski definition) is 1. The normalized spacial score (nSPS) is 11.5. The van der Waals surface area contributed by atoms with Crippen LogP contribution in [0.2, 0.25) is 5.02 Å². The minimum atomic E-state index is -3.92. The molecule has 2 heterocycles. The lowest BCUT2D eigenvalue weighted by atomic mass is 10.2. The first kappa shape index (κ1) is 24.9. The fraction of sp³-hybridized carbons (Fsp3) is 0.0769. The summed E-state index contributed by atoms with van der Waals surface area (Å²) in [4.78, 5) is 19.7. The lowest BCUT2D eigenvalue weighted by molar-refractivity contribution is 0.0983. The van der Waals surface area contributed by atoms with Crippen molar-refractivity contribution in [3.63, 3.8) is 0 Å². The Morgan fingerprint density at radius 3 is 2.51 bits per heavy atom. The molecule has 0 aliphatic carbocycles. The molecule has 0 radical (unpaired) electrons. The highest BCUT2D eigenvalue weighted by Crippen LogP contribution is 2.34. The van der Waals surface area contributed by atoms with Crippen molar-refractivity contribution >= 4 is 59.9 Å². The van der Waals surface area contributed by atoms with Crippen molar-refractivity contribution in [1.29, 1.82) is 0 Å². The molecule has 0 fully saturated rings. The van der Waals surface area contributed by atoms with Crippen LogP contribution in [-0.4, -0.2) is 19.3 Å². The predicted molar refractivity (Wildman–Crippen MR) is 142 cm³/mol. The van der Waals surface area contributed by atoms with Crippen LogP contribution in [0.1, 0.15) is 21.7 Å². The van der Waals surface area contributed by atoms with E-state index in [0.717, 1.165) is 27.9 Å². The number of hydrogen-bond acceptors (Lipinski definition) is 6. The van der Waals surface area contributed by atoms with Gasteiger partial charge in [-0.1, -0.05) is 22.9 Å². The van der Waals surface area contributed by atoms with Gasteiger partial charge in [0.25, 0.3) is 15.9 Å². The maximum Gasteiger partial charge on any atom is 0.261 e. The summed E-state index contributed by atoms with van der Waals surface area (Å²) in [5, 5.41) is 1.06. The van der Waals surface area contributed by atoms with Crippen molar-refractivity contribution in [2.75, 3.05) is 9.62 Å². The largest absolute Gasteiger partial charge is 0.467 e. The second kappa shape index (κ2) is 9.97. The zero-order chi connectivity index (χ0) is 26.2. The number of nitrogens with zero attached hydrogens (tertiary/aromatic N) is 2. The molecule has 188 valence electrons. The van der Waals surface area contributed by atoms with Crippen molar-refractivity contribution in [3.8, 4) is 0 Å². The fourth-order valence-corrected chi connectivity index (χ4v) is 6.18. The van der Waals surface area contributed by atoms with Gasteiger partial charge in [-0.25, -0.2) is 17.8 Å². The molecule has 0 saturated carbocycles. The Morgan fingerprint density at radius 2 is 1.84 bits per heavy atom. The van der Waals surface area contributed by atoms with Gasteiger partial charge in [-0.05, 0) is 85.3 Å². The van der Waals surface area contributed by atoms with E-state index in [-0.39, 0.29) is 23.0 Å². The van der Waals surface area contributed by atoms with Crippen molar-refractivity contribution in [2.24, 2.45) is 0 Å². The van der Waals surface area contributed by atoms with E-state index in [1.807, 2.05) is 19.1 Å². The zero-order valence-electron chi connectivity index (χ0n) is 19.3. The third-order valence-corrected chi connectivity index (χ3v) is 8.16. The highest BCUT2D eigenvalue weighted by Gasteiger charge is 2.24. The second-order valence-electron chi connectivity index (χ2n) is 8.17. The van der Waals surface area contributed by atoms with Crippen LogP contribution < -0.4 is 9.62 Å². The van der Waals surface area contributed by atoms with Gasteiger partial charge in [-0.15, -0.1) is 0 Å². The number of sulfonamides is 1. The molecule has 0 saturated heterocycles. The molecule has 11 heteroatoms. The van der Waals surface area contributed by atoms with Gasteiger partial charge in [0.15, 0.2) is 5.13 Å². The summed E-state index contributed by atoms with van der Waals surface area (Å²) >= 11 is 7.55. The van der Waals surface area contributed by atoms with Gasteiger partial charge < -0.3 is 4.42 Å². The van der Waals surface area contributed by atoms with Crippen molar-refractivity contribution < 1.29 is 22.0 Å². The first-order chi connectivity index (χ1) is 17.7. The Balaban J connectivity index is 1.43. The average molecular weight is 556 g/mol. The van der Waals surface area contributed by atoms with Gasteiger partial charge >= 0.3 is 0 Å². The molecule has 0 spiro atoms. The molecule has 2 aromatic heterocycles. The van der Waals surface area contributed by atoms with Crippen molar-refractivity contribution in [1.82, 2.24) is 4.98 Å². The molecule has 5 aromatic rings. The molecule has 0 aliphatic heterocycles. The van der Waals surface area contributed by atoms with E-state index < -0.39 is 15.8 Å². The monoisotopic (exact) mass is 555 g/mol. The van der Waals surface area contributed by atoms with Crippen LogP contribution in [0, 0.1) is 12.7 Å². The van der Waals surface area contributed by atoms with Crippen molar-refractivity contribution in [3.05, 3.63) is 107 Å². The van der Waals surface area contributed by atoms with E-state index in [1.54, 1.807) is 12.1 Å². The summed E-state index contributed by atoms with van der Waals surface area (Å²) in [5.41, 5.74) is 2.23. The summed E-state index contributed by atoms with van der Waals surface area (Å²) in [6.45, 7) is 2.06. The number of fused-ring (bicyclic) bond motifs is 1. The summed E-state index contributed by atoms with van der Waals surface area (Å²) in [6, 6.07) is 17.6. The maximum absolute atomic E-state index is 13.6. The van der Waals surface area contributed by atoms with Gasteiger partial charge in [-0.2, -0.15) is 0 Å². The van der Waals surface area contributed by atoms with Crippen LogP contribution >= 0.6 is 22.9 Å². The Kier molecular flexibility index (Phi) is 6.72. The van der Waals surface area contributed by atoms with E-state index in [4.69, 9.17) is 21.0 Å². The number of benzene rings is 3. The molecular weight excluding hydrogens is 537 g/mol. The number of thiazole rings is 1. The number of carbonyl (C=O) groups is 1. The number of furan rings is 1. The molecule has 37 heavy (non-hydrogen) atoms. The molecule has 0 bridgehead atoms. The van der Waals surface area contributed by atoms with Crippen LogP contribution in [0.5, 0.6) is 0 Å². The molecule has 3 aromatic carbocycles. The summed E-state index contributed by atoms with van der Waals surface area (Å²) in [7, 11) is -3.92. The third kappa shape index (κ3) is 5.36. The molecule has 1 amide bonds. The van der Waals surface area contributed by atoms with Gasteiger partial charge in [0.05, 0.1) is 27.9 Å². The minimum Gasteiger partial charge on any atom is -0.467 e. The predicted octanol–water partition coefficient (Wildman–Crippen LogP) is 6.64. The van der Waals surface area contributed by atoms with Crippen LogP contribution in [-0.2, 0) is 16.6 Å². The molecular formula is C26H19ClFN3O4S2. The SMILES string of the molecule is Cc1cc(Cl)cc2sc(N(Cc3ccco3)C(=O)c3ccc(NS(=O)(=O)c4ccc(F)cc4)cc3)nc12. The fourth-order valence-electron chi connectivity index (χ4n) is 3.71. The lowest BCUT2D eigenvalue weighted by Gasteiger charge is -2.19. The number of aryl methyl sites for hydroxylation is 1. The van der Waals surface area contributed by atoms with E-state index >= 15 is 0 Å². The van der Waals surface area contributed by atoms with Gasteiger partial charge in [-0.3, -0.25) is 14.4 Å². The maximum atomic E-state index is 13.6. The number of nitrogens with one attached hydrogen (secondary N) is 1. The van der Waals surface area contributed by atoms with Crippen molar-refractivity contribution in [2.45, 2.75) is 18.4 Å². The average Bonchev–Trinajstić information content (AvgIpc) is 3.53. The highest BCUT2D eigenvalue weighted by atomic mass is 35.5. The van der Waals surface area contributed by atoms with Gasteiger partial charge in [0.2, 0.25) is 0 Å². The smallest absolute Gasteiger partial charge is 0.261 e. The Hall–Kier alpha value is -3.73. The van der Waals surface area contributed by atoms with E-state index in [0.29, 0.717) is 21.5 Å². The number of anilines is 2. The van der Waals surface area contributed by atoms with Crippen LogP contribution in [0.3, 0.4) is 0 Å². The zero-order valence-corrected chi connectivity index (χ0v) is 21.7. The summed E-state index contributed by atoms with van der Waals surface area (Å²) in [5.74, 6) is -0.300. The summed E-state index contributed by atoms with van der Waals surface area (Å²) < 4.78 is 47.1. The quantitative estimate of drug-likeness (QED) is 0.243. The minimum absolute atomic E-state index is 0.0788. The van der Waals surface area contributed by atoms with E-state index in [9.17, 15) is 17.6 Å². The first-order valence-electron chi connectivity index (χ1n) is 11.0. The van der Waals surface area contributed by atoms with E-state index in [1.165, 1.54) is 58.9 Å². The molecule has 0 aliphatic rings. The van der Waals surface area contributed by atoms with Crippen LogP contribution in [0.25, 0.3) is 10.2 Å². The van der Waals surface area contributed by atoms with Crippen LogP contribution in [0.4, 0.5) is 15.2 Å². The summed E-state index contributed by atoms with van der Waals surface area (Å²) in [6.07, 6.45) is 1.53. The molecule has 7 nitrogen and oxygen atoms in total. The molecule has 0 atom stereocenters. The lowest BCUT2D eigenvalue weighted by Crippen LogP contribution is -2.30. The topological polar surface area (TPSA) is 92.5 Å². The number of carbonyl (C=O) groups excluding carboxylic acids is 1. The Morgan fingerprint density at radius 1 is 1.11 bits per heavy atom. The highest BCUT2D eigenvalue weighted by molar-refractivity contribution is 7.92.